The number of carbonyl (C=O) groups is 3. The van der Waals surface area contributed by atoms with E-state index in [1.165, 1.54) is 14.2 Å². The maximum Gasteiger partial charge on any atom is 0.323 e. The standard InChI is InChI=1S/C24H23NO5/c1-23-10-14-8-15-11-24(21(27)29-2,22(28)30-3)12-16(15)9-17(14)13-25(23)20(26)18-6-4-5-7-19(18)23/h4-9H,10-13H2,1-3H3. The maximum atomic E-state index is 13.0. The number of amides is 1. The predicted molar refractivity (Wildman–Crippen MR) is 108 cm³/mol. The normalized spacial score (nSPS) is 22.6. The number of ether oxygens (including phenoxy) is 2. The van der Waals surface area contributed by atoms with E-state index in [0.717, 1.165) is 33.4 Å². The monoisotopic (exact) mass is 405 g/mol. The van der Waals surface area contributed by atoms with Crippen LogP contribution in [0.15, 0.2) is 36.4 Å². The third-order valence-electron chi connectivity index (χ3n) is 7.10. The van der Waals surface area contributed by atoms with Crippen LogP contribution < -0.4 is 0 Å². The summed E-state index contributed by atoms with van der Waals surface area (Å²) >= 11 is 0. The number of benzene rings is 2. The van der Waals surface area contributed by atoms with Gasteiger partial charge in [-0.2, -0.15) is 0 Å². The molecule has 1 aliphatic carbocycles. The lowest BCUT2D eigenvalue weighted by Gasteiger charge is -2.41. The zero-order chi connectivity index (χ0) is 21.3. The molecule has 0 fully saturated rings. The highest BCUT2D eigenvalue weighted by Gasteiger charge is 2.54. The van der Waals surface area contributed by atoms with Crippen LogP contribution in [0.5, 0.6) is 0 Å². The Labute approximate surface area is 174 Å². The molecule has 0 radical (unpaired) electrons. The Morgan fingerprint density at radius 2 is 1.47 bits per heavy atom. The van der Waals surface area contributed by atoms with Crippen LogP contribution in [0, 0.1) is 5.41 Å². The highest BCUT2D eigenvalue weighted by molar-refractivity contribution is 6.02. The number of esters is 2. The zero-order valence-electron chi connectivity index (χ0n) is 17.3. The second-order valence-electron chi connectivity index (χ2n) is 8.70. The molecule has 30 heavy (non-hydrogen) atoms. The molecular weight excluding hydrogens is 382 g/mol. The molecule has 0 spiro atoms. The Morgan fingerprint density at radius 1 is 0.900 bits per heavy atom. The minimum absolute atomic E-state index is 0.0534. The van der Waals surface area contributed by atoms with Gasteiger partial charge in [0.15, 0.2) is 5.41 Å². The first-order chi connectivity index (χ1) is 14.3. The fourth-order valence-electron chi connectivity index (χ4n) is 5.54. The minimum atomic E-state index is -1.34. The smallest absolute Gasteiger partial charge is 0.323 e. The molecule has 2 aliphatic heterocycles. The lowest BCUT2D eigenvalue weighted by molar-refractivity contribution is -0.168. The van der Waals surface area contributed by atoms with Gasteiger partial charge in [0.2, 0.25) is 0 Å². The molecular formula is C24H23NO5. The fraction of sp³-hybridized carbons (Fsp3) is 0.375. The van der Waals surface area contributed by atoms with Crippen LogP contribution in [0.1, 0.15) is 45.1 Å². The molecule has 1 atom stereocenters. The minimum Gasteiger partial charge on any atom is -0.468 e. The van der Waals surface area contributed by atoms with Crippen LogP contribution in [0.3, 0.4) is 0 Å². The molecule has 0 bridgehead atoms. The van der Waals surface area contributed by atoms with Gasteiger partial charge in [-0.15, -0.1) is 0 Å². The van der Waals surface area contributed by atoms with Gasteiger partial charge in [-0.25, -0.2) is 0 Å². The Bertz CT molecular complexity index is 1100. The summed E-state index contributed by atoms with van der Waals surface area (Å²) in [6.07, 6.45) is 1.22. The molecule has 2 heterocycles. The van der Waals surface area contributed by atoms with Crippen LogP contribution in [0.25, 0.3) is 0 Å². The highest BCUT2D eigenvalue weighted by Crippen LogP contribution is 2.48. The molecule has 0 saturated carbocycles. The third-order valence-corrected chi connectivity index (χ3v) is 7.10. The molecule has 1 amide bonds. The quantitative estimate of drug-likeness (QED) is 0.567. The van der Waals surface area contributed by atoms with Crippen molar-refractivity contribution in [3.63, 3.8) is 0 Å². The SMILES string of the molecule is COC(=O)C1(C(=O)OC)Cc2cc3c(cc2C1)CC1(C)c2ccccc2C(=O)N1C3. The first-order valence-electron chi connectivity index (χ1n) is 10.1. The van der Waals surface area contributed by atoms with Crippen LogP contribution >= 0.6 is 0 Å². The number of hydrogen-bond donors (Lipinski definition) is 0. The van der Waals surface area contributed by atoms with E-state index >= 15 is 0 Å². The average Bonchev–Trinajstić information content (AvgIpc) is 3.24. The maximum absolute atomic E-state index is 13.0. The van der Waals surface area contributed by atoms with Gasteiger partial charge in [0.25, 0.3) is 5.91 Å². The van der Waals surface area contributed by atoms with Crippen molar-refractivity contribution >= 4 is 17.8 Å². The second kappa shape index (κ2) is 6.17. The summed E-state index contributed by atoms with van der Waals surface area (Å²) in [5.41, 5.74) is 4.24. The number of nitrogens with zero attached hydrogens (tertiary/aromatic N) is 1. The van der Waals surface area contributed by atoms with Crippen molar-refractivity contribution in [2.24, 2.45) is 5.41 Å². The van der Waals surface area contributed by atoms with E-state index in [1.54, 1.807) is 0 Å². The summed E-state index contributed by atoms with van der Waals surface area (Å²) in [5, 5.41) is 0. The Hall–Kier alpha value is -3.15. The Balaban J connectivity index is 1.57. The number of fused-ring (bicyclic) bond motifs is 5. The summed E-state index contributed by atoms with van der Waals surface area (Å²) in [4.78, 5) is 40.1. The van der Waals surface area contributed by atoms with E-state index in [1.807, 2.05) is 35.2 Å². The van der Waals surface area contributed by atoms with Crippen molar-refractivity contribution in [1.29, 1.82) is 0 Å². The first-order valence-corrected chi connectivity index (χ1v) is 10.1. The van der Waals surface area contributed by atoms with E-state index in [0.29, 0.717) is 13.0 Å². The van der Waals surface area contributed by atoms with Crippen molar-refractivity contribution in [2.45, 2.75) is 38.3 Å². The summed E-state index contributed by atoms with van der Waals surface area (Å²) in [7, 11) is 2.58. The van der Waals surface area contributed by atoms with Gasteiger partial charge >= 0.3 is 11.9 Å². The molecule has 5 rings (SSSR count). The predicted octanol–water partition coefficient (Wildman–Crippen LogP) is 2.54. The highest BCUT2D eigenvalue weighted by atomic mass is 16.5. The zero-order valence-corrected chi connectivity index (χ0v) is 17.3. The Kier molecular flexibility index (Phi) is 3.88. The first kappa shape index (κ1) is 18.9. The van der Waals surface area contributed by atoms with Crippen LogP contribution in [-0.2, 0) is 50.4 Å². The van der Waals surface area contributed by atoms with E-state index < -0.39 is 22.9 Å². The molecule has 0 aromatic heterocycles. The lowest BCUT2D eigenvalue weighted by atomic mass is 9.80. The summed E-state index contributed by atoms with van der Waals surface area (Å²) in [6, 6.07) is 12.0. The van der Waals surface area contributed by atoms with Gasteiger partial charge in [-0.1, -0.05) is 30.3 Å². The second-order valence-corrected chi connectivity index (χ2v) is 8.70. The summed E-state index contributed by atoms with van der Waals surface area (Å²) in [6.45, 7) is 2.62. The molecule has 6 heteroatoms. The van der Waals surface area contributed by atoms with Crippen molar-refractivity contribution in [2.75, 3.05) is 14.2 Å². The van der Waals surface area contributed by atoms with E-state index in [4.69, 9.17) is 9.47 Å². The molecule has 1 unspecified atom stereocenters. The van der Waals surface area contributed by atoms with Gasteiger partial charge in [0.1, 0.15) is 0 Å². The molecule has 3 aliphatic rings. The molecule has 0 N–H and O–H groups in total. The lowest BCUT2D eigenvalue weighted by Crippen LogP contribution is -2.46. The van der Waals surface area contributed by atoms with Gasteiger partial charge in [-0.05, 0) is 53.6 Å². The van der Waals surface area contributed by atoms with Crippen LogP contribution in [0.4, 0.5) is 0 Å². The summed E-state index contributed by atoms with van der Waals surface area (Å²) in [5.74, 6) is -1.09. The summed E-state index contributed by atoms with van der Waals surface area (Å²) < 4.78 is 9.91. The number of carbonyl (C=O) groups excluding carboxylic acids is 3. The van der Waals surface area contributed by atoms with E-state index in [-0.39, 0.29) is 18.7 Å². The molecule has 6 nitrogen and oxygen atoms in total. The molecule has 154 valence electrons. The largest absolute Gasteiger partial charge is 0.468 e. The topological polar surface area (TPSA) is 72.9 Å². The number of hydrogen-bond acceptors (Lipinski definition) is 5. The van der Waals surface area contributed by atoms with Crippen molar-refractivity contribution < 1.29 is 23.9 Å². The van der Waals surface area contributed by atoms with Gasteiger partial charge in [0, 0.05) is 18.5 Å². The van der Waals surface area contributed by atoms with Gasteiger partial charge in [0.05, 0.1) is 19.8 Å². The molecule has 0 saturated heterocycles. The van der Waals surface area contributed by atoms with E-state index in [9.17, 15) is 14.4 Å². The average molecular weight is 405 g/mol. The van der Waals surface area contributed by atoms with Crippen LogP contribution in [0.2, 0.25) is 0 Å². The molecule has 2 aromatic carbocycles. The van der Waals surface area contributed by atoms with Crippen molar-refractivity contribution in [3.05, 3.63) is 69.8 Å². The van der Waals surface area contributed by atoms with Crippen LogP contribution in [-0.4, -0.2) is 37.0 Å². The third kappa shape index (κ3) is 2.27. The molecule has 2 aromatic rings. The van der Waals surface area contributed by atoms with Gasteiger partial charge < -0.3 is 14.4 Å². The van der Waals surface area contributed by atoms with Crippen molar-refractivity contribution in [1.82, 2.24) is 4.90 Å². The van der Waals surface area contributed by atoms with Crippen molar-refractivity contribution in [3.8, 4) is 0 Å². The number of rotatable bonds is 2. The van der Waals surface area contributed by atoms with Gasteiger partial charge in [-0.3, -0.25) is 14.4 Å². The number of methoxy groups -OCH3 is 2. The fourth-order valence-corrected chi connectivity index (χ4v) is 5.54. The van der Waals surface area contributed by atoms with E-state index in [2.05, 4.69) is 13.0 Å². The Morgan fingerprint density at radius 3 is 2.10 bits per heavy atom.